The summed E-state index contributed by atoms with van der Waals surface area (Å²) in [6.07, 6.45) is 9.45. The average molecular weight is 288 g/mol. The molecule has 2 rings (SSSR count). The molecular formula is C13H24N2O3S. The molecule has 1 aliphatic carbocycles. The van der Waals surface area contributed by atoms with E-state index in [4.69, 9.17) is 0 Å². The van der Waals surface area contributed by atoms with Crippen molar-refractivity contribution in [3.05, 3.63) is 0 Å². The molecule has 2 aliphatic rings. The number of nitrogens with one attached hydrogen (secondary N) is 1. The first-order valence-corrected chi connectivity index (χ1v) is 9.10. The zero-order valence-corrected chi connectivity index (χ0v) is 12.4. The predicted octanol–water partition coefficient (Wildman–Crippen LogP) is 1.25. The third kappa shape index (κ3) is 3.92. The highest BCUT2D eigenvalue weighted by Gasteiger charge is 2.36. The van der Waals surface area contributed by atoms with Crippen LogP contribution in [0.15, 0.2) is 0 Å². The molecule has 1 atom stereocenters. The molecule has 0 aromatic carbocycles. The van der Waals surface area contributed by atoms with Crippen LogP contribution in [-0.4, -0.2) is 43.5 Å². The van der Waals surface area contributed by atoms with E-state index >= 15 is 0 Å². The van der Waals surface area contributed by atoms with E-state index in [1.54, 1.807) is 0 Å². The van der Waals surface area contributed by atoms with Crippen molar-refractivity contribution in [3.63, 3.8) is 0 Å². The van der Waals surface area contributed by atoms with Gasteiger partial charge in [-0.05, 0) is 25.7 Å². The highest BCUT2D eigenvalue weighted by atomic mass is 32.2. The molecule has 5 nitrogen and oxygen atoms in total. The SMILES string of the molecule is CS(=O)(=O)N1CCCC1C(=O)NC1CCCCCC1. The van der Waals surface area contributed by atoms with Gasteiger partial charge in [0, 0.05) is 12.6 Å². The Kier molecular flexibility index (Phi) is 4.84. The topological polar surface area (TPSA) is 66.5 Å². The molecule has 0 aromatic rings. The van der Waals surface area contributed by atoms with Gasteiger partial charge in [0.15, 0.2) is 0 Å². The van der Waals surface area contributed by atoms with Crippen molar-refractivity contribution >= 4 is 15.9 Å². The summed E-state index contributed by atoms with van der Waals surface area (Å²) >= 11 is 0. The number of hydrogen-bond donors (Lipinski definition) is 1. The Morgan fingerprint density at radius 1 is 1.05 bits per heavy atom. The Balaban J connectivity index is 1.95. The molecule has 1 saturated carbocycles. The van der Waals surface area contributed by atoms with Gasteiger partial charge >= 0.3 is 0 Å². The van der Waals surface area contributed by atoms with Gasteiger partial charge in [0.05, 0.1) is 6.26 Å². The molecule has 0 bridgehead atoms. The monoisotopic (exact) mass is 288 g/mol. The van der Waals surface area contributed by atoms with E-state index in [-0.39, 0.29) is 11.9 Å². The van der Waals surface area contributed by atoms with E-state index in [0.717, 1.165) is 32.1 Å². The quantitative estimate of drug-likeness (QED) is 0.795. The van der Waals surface area contributed by atoms with Crippen LogP contribution in [0, 0.1) is 0 Å². The normalized spacial score (nSPS) is 27.1. The van der Waals surface area contributed by atoms with Crippen molar-refractivity contribution in [3.8, 4) is 0 Å². The zero-order chi connectivity index (χ0) is 13.9. The maximum Gasteiger partial charge on any atom is 0.238 e. The molecule has 110 valence electrons. The van der Waals surface area contributed by atoms with E-state index in [0.29, 0.717) is 13.0 Å². The fourth-order valence-corrected chi connectivity index (χ4v) is 4.24. The van der Waals surface area contributed by atoms with E-state index in [1.807, 2.05) is 0 Å². The molecule has 1 amide bonds. The summed E-state index contributed by atoms with van der Waals surface area (Å²) in [6.45, 7) is 0.474. The molecule has 1 aliphatic heterocycles. The Bertz CT molecular complexity index is 414. The van der Waals surface area contributed by atoms with E-state index < -0.39 is 16.1 Å². The van der Waals surface area contributed by atoms with Gasteiger partial charge in [-0.3, -0.25) is 4.79 Å². The molecule has 19 heavy (non-hydrogen) atoms. The minimum absolute atomic E-state index is 0.102. The number of amides is 1. The van der Waals surface area contributed by atoms with Gasteiger partial charge in [0.2, 0.25) is 15.9 Å². The Morgan fingerprint density at radius 2 is 1.68 bits per heavy atom. The van der Waals surface area contributed by atoms with Gasteiger partial charge in [0.25, 0.3) is 0 Å². The van der Waals surface area contributed by atoms with Crippen LogP contribution in [-0.2, 0) is 14.8 Å². The molecule has 6 heteroatoms. The summed E-state index contributed by atoms with van der Waals surface area (Å²) in [5, 5.41) is 3.06. The Labute approximate surface area is 115 Å². The lowest BCUT2D eigenvalue weighted by Gasteiger charge is -2.24. The lowest BCUT2D eigenvalue weighted by Crippen LogP contribution is -2.48. The fourth-order valence-electron chi connectivity index (χ4n) is 3.12. The van der Waals surface area contributed by atoms with Gasteiger partial charge in [-0.1, -0.05) is 25.7 Å². The molecule has 0 radical (unpaired) electrons. The standard InChI is InChI=1S/C13H24N2O3S/c1-19(17,18)15-10-6-9-12(15)13(16)14-11-7-4-2-3-5-8-11/h11-12H,2-10H2,1H3,(H,14,16). The van der Waals surface area contributed by atoms with Crippen molar-refractivity contribution in [2.75, 3.05) is 12.8 Å². The first-order valence-electron chi connectivity index (χ1n) is 7.25. The third-order valence-corrected chi connectivity index (χ3v) is 5.42. The minimum atomic E-state index is -3.27. The minimum Gasteiger partial charge on any atom is -0.352 e. The molecule has 1 N–H and O–H groups in total. The van der Waals surface area contributed by atoms with Gasteiger partial charge in [-0.25, -0.2) is 8.42 Å². The van der Waals surface area contributed by atoms with Crippen molar-refractivity contribution in [2.24, 2.45) is 0 Å². The van der Waals surface area contributed by atoms with E-state index in [9.17, 15) is 13.2 Å². The van der Waals surface area contributed by atoms with E-state index in [2.05, 4.69) is 5.32 Å². The number of carbonyl (C=O) groups excluding carboxylic acids is 1. The smallest absolute Gasteiger partial charge is 0.238 e. The molecule has 2 fully saturated rings. The van der Waals surface area contributed by atoms with E-state index in [1.165, 1.54) is 23.4 Å². The summed E-state index contributed by atoms with van der Waals surface area (Å²) in [6, 6.07) is -0.254. The number of hydrogen-bond acceptors (Lipinski definition) is 3. The number of sulfonamides is 1. The maximum absolute atomic E-state index is 12.3. The summed E-state index contributed by atoms with van der Waals surface area (Å²) in [4.78, 5) is 12.3. The number of nitrogens with zero attached hydrogens (tertiary/aromatic N) is 1. The second kappa shape index (κ2) is 6.22. The highest BCUT2D eigenvalue weighted by Crippen LogP contribution is 2.22. The van der Waals surface area contributed by atoms with Crippen LogP contribution in [0.2, 0.25) is 0 Å². The van der Waals surface area contributed by atoms with Crippen molar-refractivity contribution in [2.45, 2.75) is 63.5 Å². The second-order valence-corrected chi connectivity index (χ2v) is 7.66. The van der Waals surface area contributed by atoms with Crippen LogP contribution < -0.4 is 5.32 Å². The molecular weight excluding hydrogens is 264 g/mol. The molecule has 0 spiro atoms. The number of rotatable bonds is 3. The lowest BCUT2D eigenvalue weighted by atomic mass is 10.1. The maximum atomic E-state index is 12.3. The van der Waals surface area contributed by atoms with Crippen LogP contribution in [0.5, 0.6) is 0 Å². The van der Waals surface area contributed by atoms with Crippen LogP contribution in [0.4, 0.5) is 0 Å². The Morgan fingerprint density at radius 3 is 2.26 bits per heavy atom. The van der Waals surface area contributed by atoms with Crippen molar-refractivity contribution in [1.29, 1.82) is 0 Å². The van der Waals surface area contributed by atoms with Gasteiger partial charge in [-0.15, -0.1) is 0 Å². The Hall–Kier alpha value is -0.620. The lowest BCUT2D eigenvalue weighted by molar-refractivity contribution is -0.125. The van der Waals surface area contributed by atoms with Gasteiger partial charge in [0.1, 0.15) is 6.04 Å². The first kappa shape index (κ1) is 14.8. The summed E-state index contributed by atoms with van der Waals surface area (Å²) < 4.78 is 24.6. The van der Waals surface area contributed by atoms with Crippen LogP contribution in [0.3, 0.4) is 0 Å². The fraction of sp³-hybridized carbons (Fsp3) is 0.923. The molecule has 0 aromatic heterocycles. The average Bonchev–Trinajstić information content (AvgIpc) is 2.70. The first-order chi connectivity index (χ1) is 8.98. The van der Waals surface area contributed by atoms with Crippen LogP contribution in [0.25, 0.3) is 0 Å². The predicted molar refractivity (Wildman–Crippen MR) is 74.2 cm³/mol. The van der Waals surface area contributed by atoms with Gasteiger partial charge < -0.3 is 5.32 Å². The van der Waals surface area contributed by atoms with Gasteiger partial charge in [-0.2, -0.15) is 4.31 Å². The molecule has 1 heterocycles. The molecule has 1 unspecified atom stereocenters. The van der Waals surface area contributed by atoms with Crippen molar-refractivity contribution < 1.29 is 13.2 Å². The number of carbonyl (C=O) groups is 1. The zero-order valence-electron chi connectivity index (χ0n) is 11.6. The third-order valence-electron chi connectivity index (χ3n) is 4.13. The largest absolute Gasteiger partial charge is 0.352 e. The summed E-state index contributed by atoms with van der Waals surface area (Å²) in [5.41, 5.74) is 0. The van der Waals surface area contributed by atoms with Crippen LogP contribution >= 0.6 is 0 Å². The second-order valence-electron chi connectivity index (χ2n) is 5.73. The molecule has 1 saturated heterocycles. The van der Waals surface area contributed by atoms with Crippen LogP contribution in [0.1, 0.15) is 51.4 Å². The summed E-state index contributed by atoms with van der Waals surface area (Å²) in [5.74, 6) is -0.102. The highest BCUT2D eigenvalue weighted by molar-refractivity contribution is 7.88. The summed E-state index contributed by atoms with van der Waals surface area (Å²) in [7, 11) is -3.27. The van der Waals surface area contributed by atoms with Crippen molar-refractivity contribution in [1.82, 2.24) is 9.62 Å².